The summed E-state index contributed by atoms with van der Waals surface area (Å²) in [5, 5.41) is 3.42. The van der Waals surface area contributed by atoms with Gasteiger partial charge in [0.1, 0.15) is 0 Å². The lowest BCUT2D eigenvalue weighted by Gasteiger charge is -2.32. The molecule has 0 radical (unpaired) electrons. The predicted octanol–water partition coefficient (Wildman–Crippen LogP) is 1.79. The molecule has 0 aromatic heterocycles. The van der Waals surface area contributed by atoms with Crippen molar-refractivity contribution in [1.82, 2.24) is 10.2 Å². The third-order valence-electron chi connectivity index (χ3n) is 4.36. The lowest BCUT2D eigenvalue weighted by molar-refractivity contribution is -0.134. The van der Waals surface area contributed by atoms with Crippen LogP contribution in [0.3, 0.4) is 0 Å². The van der Waals surface area contributed by atoms with E-state index < -0.39 is 0 Å². The first kappa shape index (κ1) is 14.8. The summed E-state index contributed by atoms with van der Waals surface area (Å²) in [6.07, 6.45) is 6.71. The third-order valence-corrected chi connectivity index (χ3v) is 4.36. The molecule has 4 heteroatoms. The lowest BCUT2D eigenvalue weighted by Crippen LogP contribution is -2.41. The van der Waals surface area contributed by atoms with Gasteiger partial charge in [-0.25, -0.2) is 0 Å². The van der Waals surface area contributed by atoms with E-state index in [4.69, 9.17) is 4.74 Å². The summed E-state index contributed by atoms with van der Waals surface area (Å²) in [6, 6.07) is 0. The van der Waals surface area contributed by atoms with Crippen LogP contribution in [-0.2, 0) is 9.53 Å². The summed E-state index contributed by atoms with van der Waals surface area (Å²) >= 11 is 0. The van der Waals surface area contributed by atoms with E-state index in [0.29, 0.717) is 17.9 Å². The van der Waals surface area contributed by atoms with Crippen molar-refractivity contribution in [2.75, 3.05) is 32.8 Å². The number of carbonyl (C=O) groups is 1. The second kappa shape index (κ2) is 7.85. The number of hydrogen-bond donors (Lipinski definition) is 1. The van der Waals surface area contributed by atoms with Gasteiger partial charge in [-0.05, 0) is 58.0 Å². The zero-order valence-corrected chi connectivity index (χ0v) is 12.2. The number of nitrogens with zero attached hydrogens (tertiary/aromatic N) is 1. The van der Waals surface area contributed by atoms with Crippen molar-refractivity contribution in [3.63, 3.8) is 0 Å². The van der Waals surface area contributed by atoms with E-state index in [-0.39, 0.29) is 0 Å². The minimum atomic E-state index is 0.348. The number of amides is 1. The van der Waals surface area contributed by atoms with Gasteiger partial charge in [0.05, 0.1) is 6.10 Å². The van der Waals surface area contributed by atoms with Crippen LogP contribution >= 0.6 is 0 Å². The number of carbonyl (C=O) groups excluding carboxylic acids is 1. The van der Waals surface area contributed by atoms with Crippen LogP contribution in [0.2, 0.25) is 0 Å². The zero-order valence-electron chi connectivity index (χ0n) is 12.2. The van der Waals surface area contributed by atoms with Crippen LogP contribution in [0.1, 0.15) is 45.4 Å². The van der Waals surface area contributed by atoms with Crippen LogP contribution in [0.15, 0.2) is 0 Å². The molecule has 110 valence electrons. The van der Waals surface area contributed by atoms with E-state index in [1.54, 1.807) is 0 Å². The molecule has 2 saturated heterocycles. The Morgan fingerprint density at radius 3 is 2.74 bits per heavy atom. The fraction of sp³-hybridized carbons (Fsp3) is 0.933. The summed E-state index contributed by atoms with van der Waals surface area (Å²) in [5.41, 5.74) is 0. The second-order valence-electron chi connectivity index (χ2n) is 5.79. The number of likely N-dealkylation sites (tertiary alicyclic amines) is 1. The molecule has 0 aromatic rings. The minimum Gasteiger partial charge on any atom is -0.378 e. The molecule has 2 aliphatic heterocycles. The van der Waals surface area contributed by atoms with Crippen molar-refractivity contribution in [3.05, 3.63) is 0 Å². The van der Waals surface area contributed by atoms with Crippen LogP contribution in [-0.4, -0.2) is 49.7 Å². The monoisotopic (exact) mass is 268 g/mol. The van der Waals surface area contributed by atoms with E-state index in [1.807, 2.05) is 11.8 Å². The second-order valence-corrected chi connectivity index (χ2v) is 5.79. The topological polar surface area (TPSA) is 41.6 Å². The molecule has 19 heavy (non-hydrogen) atoms. The summed E-state index contributed by atoms with van der Waals surface area (Å²) in [4.78, 5) is 14.2. The van der Waals surface area contributed by atoms with E-state index in [9.17, 15) is 4.79 Å². The maximum Gasteiger partial charge on any atom is 0.222 e. The highest BCUT2D eigenvalue weighted by Gasteiger charge is 2.23. The van der Waals surface area contributed by atoms with Crippen molar-refractivity contribution < 1.29 is 9.53 Å². The van der Waals surface area contributed by atoms with Crippen LogP contribution in [0.5, 0.6) is 0 Å². The molecule has 4 nitrogen and oxygen atoms in total. The standard InChI is InChI=1S/C15H28N2O2/c1-2-19-14-7-10-17(11-8-14)15(18)6-5-13-4-3-9-16-12-13/h13-14,16H,2-12H2,1H3. The Labute approximate surface area is 116 Å². The van der Waals surface area contributed by atoms with Crippen LogP contribution in [0.4, 0.5) is 0 Å². The van der Waals surface area contributed by atoms with Crippen molar-refractivity contribution in [2.24, 2.45) is 5.92 Å². The minimum absolute atomic E-state index is 0.348. The van der Waals surface area contributed by atoms with E-state index in [2.05, 4.69) is 5.32 Å². The molecular formula is C15H28N2O2. The molecule has 1 N–H and O–H groups in total. The first-order valence-corrected chi connectivity index (χ1v) is 7.89. The SMILES string of the molecule is CCOC1CCN(C(=O)CCC2CCCNC2)CC1. The molecule has 0 bridgehead atoms. The molecule has 1 unspecified atom stereocenters. The summed E-state index contributed by atoms with van der Waals surface area (Å²) in [5.74, 6) is 1.05. The van der Waals surface area contributed by atoms with Crippen LogP contribution in [0, 0.1) is 5.92 Å². The average Bonchev–Trinajstić information content (AvgIpc) is 2.47. The van der Waals surface area contributed by atoms with Crippen LogP contribution in [0.25, 0.3) is 0 Å². The molecule has 2 heterocycles. The van der Waals surface area contributed by atoms with Crippen molar-refractivity contribution in [1.29, 1.82) is 0 Å². The Bertz CT molecular complexity index is 269. The highest BCUT2D eigenvalue weighted by molar-refractivity contribution is 5.76. The van der Waals surface area contributed by atoms with Crippen molar-refractivity contribution in [3.8, 4) is 0 Å². The number of hydrogen-bond acceptors (Lipinski definition) is 3. The molecule has 2 fully saturated rings. The number of piperidine rings is 2. The van der Waals surface area contributed by atoms with E-state index in [1.165, 1.54) is 12.8 Å². The largest absolute Gasteiger partial charge is 0.378 e. The third kappa shape index (κ3) is 4.77. The Morgan fingerprint density at radius 1 is 1.32 bits per heavy atom. The fourth-order valence-electron chi connectivity index (χ4n) is 3.16. The van der Waals surface area contributed by atoms with Gasteiger partial charge < -0.3 is 15.0 Å². The molecule has 1 atom stereocenters. The molecular weight excluding hydrogens is 240 g/mol. The van der Waals surface area contributed by atoms with E-state index in [0.717, 1.165) is 58.5 Å². The molecule has 0 spiro atoms. The van der Waals surface area contributed by atoms with Gasteiger partial charge in [0.15, 0.2) is 0 Å². The van der Waals surface area contributed by atoms with Gasteiger partial charge in [0.2, 0.25) is 5.91 Å². The molecule has 2 aliphatic rings. The number of rotatable bonds is 5. The smallest absolute Gasteiger partial charge is 0.222 e. The molecule has 0 aromatic carbocycles. The van der Waals surface area contributed by atoms with Gasteiger partial charge >= 0.3 is 0 Å². The van der Waals surface area contributed by atoms with Crippen molar-refractivity contribution in [2.45, 2.75) is 51.6 Å². The Balaban J connectivity index is 1.63. The highest BCUT2D eigenvalue weighted by atomic mass is 16.5. The average molecular weight is 268 g/mol. The maximum absolute atomic E-state index is 12.2. The highest BCUT2D eigenvalue weighted by Crippen LogP contribution is 2.19. The molecule has 2 rings (SSSR count). The quantitative estimate of drug-likeness (QED) is 0.826. The van der Waals surface area contributed by atoms with Crippen molar-refractivity contribution >= 4 is 5.91 Å². The zero-order chi connectivity index (χ0) is 13.5. The van der Waals surface area contributed by atoms with Gasteiger partial charge in [0.25, 0.3) is 0 Å². The maximum atomic E-state index is 12.2. The normalized spacial score (nSPS) is 25.5. The Hall–Kier alpha value is -0.610. The van der Waals surface area contributed by atoms with Gasteiger partial charge in [-0.1, -0.05) is 0 Å². The summed E-state index contributed by atoms with van der Waals surface area (Å²) < 4.78 is 5.62. The number of nitrogens with one attached hydrogen (secondary N) is 1. The molecule has 0 saturated carbocycles. The number of ether oxygens (including phenoxy) is 1. The first-order valence-electron chi connectivity index (χ1n) is 7.89. The summed E-state index contributed by atoms with van der Waals surface area (Å²) in [6.45, 7) is 6.83. The van der Waals surface area contributed by atoms with E-state index >= 15 is 0 Å². The molecule has 0 aliphatic carbocycles. The van der Waals surface area contributed by atoms with Gasteiger partial charge in [0, 0.05) is 26.1 Å². The van der Waals surface area contributed by atoms with Gasteiger partial charge in [-0.2, -0.15) is 0 Å². The van der Waals surface area contributed by atoms with Crippen LogP contribution < -0.4 is 5.32 Å². The Morgan fingerprint density at radius 2 is 2.11 bits per heavy atom. The Kier molecular flexibility index (Phi) is 6.11. The fourth-order valence-corrected chi connectivity index (χ4v) is 3.16. The molecule has 1 amide bonds. The van der Waals surface area contributed by atoms with Gasteiger partial charge in [-0.3, -0.25) is 4.79 Å². The lowest BCUT2D eigenvalue weighted by atomic mass is 9.94. The predicted molar refractivity (Wildman–Crippen MR) is 76.1 cm³/mol. The summed E-state index contributed by atoms with van der Waals surface area (Å²) in [7, 11) is 0. The first-order chi connectivity index (χ1) is 9.29. The van der Waals surface area contributed by atoms with Gasteiger partial charge in [-0.15, -0.1) is 0 Å².